The number of pyridine rings is 2. The molecule has 11 rings (SSSR count). The first kappa shape index (κ1) is 28.3. The van der Waals surface area contributed by atoms with E-state index in [-0.39, 0.29) is 0 Å². The highest BCUT2D eigenvalue weighted by atomic mass is 28.2. The van der Waals surface area contributed by atoms with Gasteiger partial charge in [-0.05, 0) is 93.3 Å². The van der Waals surface area contributed by atoms with Crippen LogP contribution >= 0.6 is 0 Å². The molecule has 4 nitrogen and oxygen atoms in total. The molecule has 0 bridgehead atoms. The largest absolute Gasteiger partial charge is 0.309 e. The Labute approximate surface area is 296 Å². The van der Waals surface area contributed by atoms with Crippen molar-refractivity contribution in [3.63, 3.8) is 0 Å². The van der Waals surface area contributed by atoms with Gasteiger partial charge in [0.2, 0.25) is 0 Å². The summed E-state index contributed by atoms with van der Waals surface area (Å²) in [5, 5.41) is 7.92. The highest BCUT2D eigenvalue weighted by Crippen LogP contribution is 2.38. The van der Waals surface area contributed by atoms with Gasteiger partial charge in [0.15, 0.2) is 0 Å². The average molecular weight is 667 g/mol. The molecule has 0 radical (unpaired) electrons. The van der Waals surface area contributed by atoms with Gasteiger partial charge in [-0.25, -0.2) is 0 Å². The molecule has 0 amide bonds. The predicted octanol–water partition coefficient (Wildman–Crippen LogP) is 9.10. The van der Waals surface area contributed by atoms with E-state index in [9.17, 15) is 0 Å². The van der Waals surface area contributed by atoms with Crippen LogP contribution in [0.15, 0.2) is 170 Å². The molecule has 0 fully saturated rings. The summed E-state index contributed by atoms with van der Waals surface area (Å²) in [6.07, 6.45) is 8.26. The SMILES string of the molecule is c1ccc(-n2c3ccccc3c3cc(-c4cncc5c4[SiH2]c4c(-c6ccc7c(c6)c6ccccc6n7-c6ccccc6)cncc4-5)ccc32)cc1. The Morgan fingerprint density at radius 1 is 0.353 bits per heavy atom. The van der Waals surface area contributed by atoms with Gasteiger partial charge in [0.25, 0.3) is 0 Å². The van der Waals surface area contributed by atoms with Crippen molar-refractivity contribution < 1.29 is 0 Å². The second-order valence-electron chi connectivity index (χ2n) is 13.4. The molecule has 0 unspecified atom stereocenters. The summed E-state index contributed by atoms with van der Waals surface area (Å²) in [6.45, 7) is 0. The maximum atomic E-state index is 4.82. The van der Waals surface area contributed by atoms with E-state index in [1.807, 2.05) is 0 Å². The van der Waals surface area contributed by atoms with Crippen molar-refractivity contribution in [2.75, 3.05) is 0 Å². The van der Waals surface area contributed by atoms with Gasteiger partial charge >= 0.3 is 0 Å². The van der Waals surface area contributed by atoms with Crippen LogP contribution in [0.25, 0.3) is 88.4 Å². The molecule has 0 saturated carbocycles. The van der Waals surface area contributed by atoms with Crippen LogP contribution in [0.3, 0.4) is 0 Å². The summed E-state index contributed by atoms with van der Waals surface area (Å²) in [4.78, 5) is 9.64. The molecule has 10 aromatic rings. The zero-order valence-corrected chi connectivity index (χ0v) is 29.1. The van der Waals surface area contributed by atoms with Crippen molar-refractivity contribution in [2.45, 2.75) is 0 Å². The van der Waals surface area contributed by atoms with Crippen LogP contribution in [0.2, 0.25) is 0 Å². The Morgan fingerprint density at radius 2 is 0.745 bits per heavy atom. The number of benzene rings is 6. The number of rotatable bonds is 4. The second kappa shape index (κ2) is 11.0. The van der Waals surface area contributed by atoms with Crippen LogP contribution in [0.1, 0.15) is 0 Å². The molecule has 4 aromatic heterocycles. The second-order valence-corrected chi connectivity index (χ2v) is 15.2. The van der Waals surface area contributed by atoms with Crippen LogP contribution in [-0.2, 0) is 0 Å². The lowest BCUT2D eigenvalue weighted by Gasteiger charge is -2.10. The molecule has 0 N–H and O–H groups in total. The number of nitrogens with zero attached hydrogens (tertiary/aromatic N) is 4. The molecule has 51 heavy (non-hydrogen) atoms. The van der Waals surface area contributed by atoms with E-state index in [0.29, 0.717) is 0 Å². The van der Waals surface area contributed by atoms with Gasteiger partial charge in [-0.15, -0.1) is 0 Å². The molecule has 1 aliphatic heterocycles. The number of aromatic nitrogens is 4. The van der Waals surface area contributed by atoms with Gasteiger partial charge in [-0.2, -0.15) is 0 Å². The van der Waals surface area contributed by atoms with Crippen molar-refractivity contribution in [1.82, 2.24) is 19.1 Å². The molecule has 6 aromatic carbocycles. The van der Waals surface area contributed by atoms with Crippen LogP contribution in [0.4, 0.5) is 0 Å². The van der Waals surface area contributed by atoms with E-state index in [1.54, 1.807) is 0 Å². The fraction of sp³-hybridized carbons (Fsp3) is 0. The maximum Gasteiger partial charge on any atom is 0.0910 e. The Morgan fingerprint density at radius 3 is 1.22 bits per heavy atom. The van der Waals surface area contributed by atoms with Crippen molar-refractivity contribution in [2.24, 2.45) is 0 Å². The third-order valence-corrected chi connectivity index (χ3v) is 13.0. The minimum Gasteiger partial charge on any atom is -0.309 e. The predicted molar refractivity (Wildman–Crippen MR) is 215 cm³/mol. The first-order valence-corrected chi connectivity index (χ1v) is 18.9. The Bertz CT molecular complexity index is 2790. The summed E-state index contributed by atoms with van der Waals surface area (Å²) in [6, 6.07) is 52.7. The number of hydrogen-bond donors (Lipinski definition) is 0. The third-order valence-electron chi connectivity index (χ3n) is 10.8. The number of para-hydroxylation sites is 4. The van der Waals surface area contributed by atoms with Crippen LogP contribution < -0.4 is 10.4 Å². The van der Waals surface area contributed by atoms with E-state index in [2.05, 4.69) is 180 Å². The topological polar surface area (TPSA) is 35.6 Å². The average Bonchev–Trinajstić information content (AvgIpc) is 3.86. The van der Waals surface area contributed by atoms with Crippen LogP contribution in [-0.4, -0.2) is 28.6 Å². The van der Waals surface area contributed by atoms with Gasteiger partial charge in [-0.1, -0.05) is 84.9 Å². The summed E-state index contributed by atoms with van der Waals surface area (Å²) >= 11 is 0. The smallest absolute Gasteiger partial charge is 0.0910 e. The molecule has 5 heteroatoms. The van der Waals surface area contributed by atoms with E-state index < -0.39 is 9.52 Å². The zero-order chi connectivity index (χ0) is 33.5. The normalized spacial score (nSPS) is 12.2. The minimum absolute atomic E-state index is 0.854. The molecular formula is C46H30N4Si. The molecule has 0 aliphatic carbocycles. The lowest BCUT2D eigenvalue weighted by Crippen LogP contribution is -2.24. The summed E-state index contributed by atoms with van der Waals surface area (Å²) in [5.41, 5.74) is 14.6. The molecule has 0 saturated heterocycles. The van der Waals surface area contributed by atoms with Gasteiger partial charge < -0.3 is 9.13 Å². The highest BCUT2D eigenvalue weighted by Gasteiger charge is 2.27. The first-order chi connectivity index (χ1) is 25.3. The fourth-order valence-corrected chi connectivity index (χ4v) is 10.8. The lowest BCUT2D eigenvalue weighted by molar-refractivity contribution is 1.18. The summed E-state index contributed by atoms with van der Waals surface area (Å²) in [5.74, 6) is 0. The van der Waals surface area contributed by atoms with E-state index >= 15 is 0 Å². The summed E-state index contributed by atoms with van der Waals surface area (Å²) < 4.78 is 4.75. The third kappa shape index (κ3) is 4.19. The molecule has 5 heterocycles. The van der Waals surface area contributed by atoms with Crippen molar-refractivity contribution in [3.05, 3.63) is 170 Å². The standard InChI is InChI=1S/C46H30N4Si/c1-3-11-31(12-4-1)49-41-17-9-7-15-33(41)35-23-29(19-21-43(35)49)37-25-47-27-39-40-28-48-26-38(46(40)51-45(37)39)30-20-22-44-36(24-30)34-16-8-10-18-42(34)50(44)32-13-5-2-6-14-32/h1-28H,51H2. The van der Waals surface area contributed by atoms with E-state index in [1.165, 1.54) is 98.7 Å². The molecule has 1 aliphatic rings. The van der Waals surface area contributed by atoms with Crippen molar-refractivity contribution in [3.8, 4) is 44.8 Å². The van der Waals surface area contributed by atoms with Crippen molar-refractivity contribution in [1.29, 1.82) is 0 Å². The highest BCUT2D eigenvalue weighted by molar-refractivity contribution is 6.76. The summed E-state index contributed by atoms with van der Waals surface area (Å²) in [7, 11) is -0.854. The van der Waals surface area contributed by atoms with Crippen LogP contribution in [0.5, 0.6) is 0 Å². The Balaban J connectivity index is 1.04. The van der Waals surface area contributed by atoms with Gasteiger partial charge in [0.05, 0.1) is 31.6 Å². The van der Waals surface area contributed by atoms with Gasteiger partial charge in [-0.3, -0.25) is 9.97 Å². The molecule has 0 spiro atoms. The first-order valence-electron chi connectivity index (χ1n) is 17.4. The van der Waals surface area contributed by atoms with Crippen molar-refractivity contribution >= 4 is 63.5 Å². The van der Waals surface area contributed by atoms with E-state index in [4.69, 9.17) is 9.97 Å². The quantitative estimate of drug-likeness (QED) is 0.176. The van der Waals surface area contributed by atoms with Crippen LogP contribution in [0, 0.1) is 0 Å². The number of fused-ring (bicyclic) bond motifs is 9. The molecule has 238 valence electrons. The van der Waals surface area contributed by atoms with Gasteiger partial charge in [0, 0.05) is 68.8 Å². The van der Waals surface area contributed by atoms with Gasteiger partial charge in [0.1, 0.15) is 0 Å². The fourth-order valence-electron chi connectivity index (χ4n) is 8.49. The monoisotopic (exact) mass is 666 g/mol. The Kier molecular flexibility index (Phi) is 6.09. The lowest BCUT2D eigenvalue weighted by atomic mass is 9.98. The number of hydrogen-bond acceptors (Lipinski definition) is 2. The minimum atomic E-state index is -0.854. The zero-order valence-electron chi connectivity index (χ0n) is 27.7. The maximum absolute atomic E-state index is 4.82. The molecule has 0 atom stereocenters. The Hall–Kier alpha value is -6.56. The molecular weight excluding hydrogens is 637 g/mol. The van der Waals surface area contributed by atoms with E-state index in [0.717, 1.165) is 0 Å².